The van der Waals surface area contributed by atoms with Gasteiger partial charge in [-0.15, -0.1) is 0 Å². The first-order valence-electron chi connectivity index (χ1n) is 12.5. The van der Waals surface area contributed by atoms with Gasteiger partial charge in [-0.1, -0.05) is 42.0 Å². The van der Waals surface area contributed by atoms with E-state index < -0.39 is 17.8 Å². The van der Waals surface area contributed by atoms with Gasteiger partial charge in [0.25, 0.3) is 11.8 Å². The van der Waals surface area contributed by atoms with Gasteiger partial charge in [0.15, 0.2) is 0 Å². The molecular weight excluding hydrogens is 474 g/mol. The van der Waals surface area contributed by atoms with Gasteiger partial charge in [-0.2, -0.15) is 0 Å². The molecule has 6 nitrogen and oxygen atoms in total. The summed E-state index contributed by atoms with van der Waals surface area (Å²) in [6, 6.07) is 23.4. The number of anilines is 2. The standard InChI is InChI=1S/C32H29N3O3/c1-20-11-13-27(14-12-20)35-31(37)29(30(36)34(32(35)38)26-9-7-6-8-10-26)19-25-18-23(4)33(24(25)5)28-16-21(2)15-22(3)17-28/h6-19H,1-5H3/b29-19+. The minimum atomic E-state index is -0.701. The molecule has 1 aliphatic rings. The molecule has 3 aromatic carbocycles. The van der Waals surface area contributed by atoms with Crippen LogP contribution in [0.1, 0.15) is 33.6 Å². The van der Waals surface area contributed by atoms with Crippen LogP contribution in [0.4, 0.5) is 16.2 Å². The minimum Gasteiger partial charge on any atom is -0.318 e. The number of benzene rings is 3. The molecule has 1 saturated heterocycles. The third kappa shape index (κ3) is 4.34. The van der Waals surface area contributed by atoms with Gasteiger partial charge in [0.2, 0.25) is 0 Å². The van der Waals surface area contributed by atoms with E-state index in [-0.39, 0.29) is 5.57 Å². The first kappa shape index (κ1) is 25.0. The second kappa shape index (κ2) is 9.63. The molecule has 0 aliphatic carbocycles. The molecule has 0 spiro atoms. The Morgan fingerprint density at radius 1 is 0.579 bits per heavy atom. The van der Waals surface area contributed by atoms with E-state index in [0.717, 1.165) is 49.1 Å². The highest BCUT2D eigenvalue weighted by molar-refractivity contribution is 6.46. The van der Waals surface area contributed by atoms with Crippen molar-refractivity contribution in [3.63, 3.8) is 0 Å². The monoisotopic (exact) mass is 503 g/mol. The molecule has 5 rings (SSSR count). The molecule has 38 heavy (non-hydrogen) atoms. The summed E-state index contributed by atoms with van der Waals surface area (Å²) in [7, 11) is 0. The molecule has 1 aliphatic heterocycles. The lowest BCUT2D eigenvalue weighted by atomic mass is 10.0. The van der Waals surface area contributed by atoms with Crippen molar-refractivity contribution < 1.29 is 14.4 Å². The van der Waals surface area contributed by atoms with Crippen molar-refractivity contribution in [2.75, 3.05) is 9.80 Å². The molecule has 2 heterocycles. The Bertz CT molecular complexity index is 1590. The van der Waals surface area contributed by atoms with Gasteiger partial charge in [-0.25, -0.2) is 14.6 Å². The lowest BCUT2D eigenvalue weighted by Crippen LogP contribution is -2.57. The summed E-state index contributed by atoms with van der Waals surface area (Å²) in [5.74, 6) is -1.29. The zero-order valence-electron chi connectivity index (χ0n) is 22.1. The normalized spacial score (nSPS) is 15.1. The van der Waals surface area contributed by atoms with Crippen LogP contribution in [-0.2, 0) is 9.59 Å². The lowest BCUT2D eigenvalue weighted by Gasteiger charge is -2.34. The number of aryl methyl sites for hydroxylation is 4. The van der Waals surface area contributed by atoms with E-state index in [2.05, 4.69) is 36.6 Å². The third-order valence-electron chi connectivity index (χ3n) is 6.79. The fourth-order valence-corrected chi connectivity index (χ4v) is 5.02. The molecule has 0 saturated carbocycles. The van der Waals surface area contributed by atoms with Gasteiger partial charge in [0.1, 0.15) is 5.57 Å². The largest absolute Gasteiger partial charge is 0.343 e. The lowest BCUT2D eigenvalue weighted by molar-refractivity contribution is -0.121. The highest BCUT2D eigenvalue weighted by Gasteiger charge is 2.43. The quantitative estimate of drug-likeness (QED) is 0.233. The average molecular weight is 504 g/mol. The van der Waals surface area contributed by atoms with Gasteiger partial charge in [-0.3, -0.25) is 9.59 Å². The minimum absolute atomic E-state index is 0.0744. The van der Waals surface area contributed by atoms with Crippen LogP contribution in [0.15, 0.2) is 84.4 Å². The fraction of sp³-hybridized carbons (Fsp3) is 0.156. The van der Waals surface area contributed by atoms with Gasteiger partial charge >= 0.3 is 6.03 Å². The zero-order valence-corrected chi connectivity index (χ0v) is 22.1. The van der Waals surface area contributed by atoms with Crippen molar-refractivity contribution in [1.29, 1.82) is 0 Å². The molecule has 0 bridgehead atoms. The van der Waals surface area contributed by atoms with E-state index in [9.17, 15) is 14.4 Å². The fourth-order valence-electron chi connectivity index (χ4n) is 5.02. The number of urea groups is 1. The van der Waals surface area contributed by atoms with E-state index in [4.69, 9.17) is 0 Å². The van der Waals surface area contributed by atoms with E-state index >= 15 is 0 Å². The molecule has 0 radical (unpaired) electrons. The number of hydrogen-bond acceptors (Lipinski definition) is 3. The van der Waals surface area contributed by atoms with Crippen molar-refractivity contribution in [3.05, 3.63) is 118 Å². The maximum atomic E-state index is 13.8. The second-order valence-electron chi connectivity index (χ2n) is 9.80. The Labute approximate surface area is 222 Å². The van der Waals surface area contributed by atoms with Crippen LogP contribution in [0.2, 0.25) is 0 Å². The molecule has 4 amide bonds. The van der Waals surface area contributed by atoms with Gasteiger partial charge < -0.3 is 4.57 Å². The van der Waals surface area contributed by atoms with Crippen molar-refractivity contribution in [1.82, 2.24) is 4.57 Å². The molecule has 0 unspecified atom stereocenters. The van der Waals surface area contributed by atoms with Gasteiger partial charge in [-0.05, 0) is 99.8 Å². The summed E-state index contributed by atoms with van der Waals surface area (Å²) in [4.78, 5) is 43.2. The summed E-state index contributed by atoms with van der Waals surface area (Å²) in [5, 5.41) is 0. The second-order valence-corrected chi connectivity index (χ2v) is 9.80. The number of rotatable bonds is 4. The van der Waals surface area contributed by atoms with Crippen molar-refractivity contribution in [3.8, 4) is 5.69 Å². The molecular formula is C32H29N3O3. The topological polar surface area (TPSA) is 62.6 Å². The summed E-state index contributed by atoms with van der Waals surface area (Å²) in [5.41, 5.74) is 7.66. The van der Waals surface area contributed by atoms with Crippen LogP contribution in [-0.4, -0.2) is 22.4 Å². The number of aromatic nitrogens is 1. The van der Waals surface area contributed by atoms with Crippen LogP contribution < -0.4 is 9.80 Å². The SMILES string of the molecule is Cc1ccc(N2C(=O)/C(=C/c3cc(C)n(-c4cc(C)cc(C)c4)c3C)C(=O)N(c3ccccc3)C2=O)cc1. The van der Waals surface area contributed by atoms with E-state index in [0.29, 0.717) is 11.4 Å². The first-order valence-corrected chi connectivity index (χ1v) is 12.5. The highest BCUT2D eigenvalue weighted by atomic mass is 16.2. The Morgan fingerprint density at radius 3 is 1.71 bits per heavy atom. The number of carbonyl (C=O) groups excluding carboxylic acids is 3. The number of imide groups is 2. The van der Waals surface area contributed by atoms with Crippen molar-refractivity contribution >= 4 is 35.3 Å². The predicted molar refractivity (Wildman–Crippen MR) is 151 cm³/mol. The molecule has 6 heteroatoms. The Morgan fingerprint density at radius 2 is 1.13 bits per heavy atom. The molecule has 4 aromatic rings. The smallest absolute Gasteiger partial charge is 0.318 e. The Balaban J connectivity index is 1.66. The molecule has 1 fully saturated rings. The molecule has 1 aromatic heterocycles. The number of para-hydroxylation sites is 1. The Kier molecular flexibility index (Phi) is 6.33. The first-order chi connectivity index (χ1) is 18.2. The maximum Gasteiger partial charge on any atom is 0.343 e. The van der Waals surface area contributed by atoms with Crippen molar-refractivity contribution in [2.45, 2.75) is 34.6 Å². The van der Waals surface area contributed by atoms with Crippen LogP contribution >= 0.6 is 0 Å². The van der Waals surface area contributed by atoms with Crippen LogP contribution in [0.3, 0.4) is 0 Å². The predicted octanol–water partition coefficient (Wildman–Crippen LogP) is 6.60. The number of barbiturate groups is 1. The number of hydrogen-bond donors (Lipinski definition) is 0. The van der Waals surface area contributed by atoms with Crippen LogP contribution in [0, 0.1) is 34.6 Å². The van der Waals surface area contributed by atoms with Crippen LogP contribution in [0.5, 0.6) is 0 Å². The third-order valence-corrected chi connectivity index (χ3v) is 6.79. The molecule has 190 valence electrons. The molecule has 0 N–H and O–H groups in total. The average Bonchev–Trinajstić information content (AvgIpc) is 3.15. The number of carbonyl (C=O) groups is 3. The van der Waals surface area contributed by atoms with Crippen LogP contribution in [0.25, 0.3) is 11.8 Å². The van der Waals surface area contributed by atoms with E-state index in [1.165, 1.54) is 0 Å². The van der Waals surface area contributed by atoms with Crippen molar-refractivity contribution in [2.24, 2.45) is 0 Å². The van der Waals surface area contributed by atoms with E-state index in [1.807, 2.05) is 45.0 Å². The zero-order chi connectivity index (χ0) is 27.1. The summed E-state index contributed by atoms with van der Waals surface area (Å²) in [6.07, 6.45) is 1.61. The summed E-state index contributed by atoms with van der Waals surface area (Å²) < 4.78 is 2.11. The molecule has 0 atom stereocenters. The highest BCUT2D eigenvalue weighted by Crippen LogP contribution is 2.31. The maximum absolute atomic E-state index is 13.8. The van der Waals surface area contributed by atoms with E-state index in [1.54, 1.807) is 42.5 Å². The Hall–Kier alpha value is -4.71. The summed E-state index contributed by atoms with van der Waals surface area (Å²) >= 11 is 0. The number of amides is 4. The number of nitrogens with zero attached hydrogens (tertiary/aromatic N) is 3. The van der Waals surface area contributed by atoms with Gasteiger partial charge in [0, 0.05) is 17.1 Å². The summed E-state index contributed by atoms with van der Waals surface area (Å²) in [6.45, 7) is 10.0. The van der Waals surface area contributed by atoms with Gasteiger partial charge in [0.05, 0.1) is 11.4 Å².